The van der Waals surface area contributed by atoms with Crippen LogP contribution >= 0.6 is 23.2 Å². The summed E-state index contributed by atoms with van der Waals surface area (Å²) in [4.78, 5) is 0. The summed E-state index contributed by atoms with van der Waals surface area (Å²) in [5.74, 6) is 0. The van der Waals surface area contributed by atoms with E-state index < -0.39 is 0 Å². The van der Waals surface area contributed by atoms with Crippen LogP contribution in [0.4, 0.5) is 0 Å². The molecule has 1 aromatic rings. The van der Waals surface area contributed by atoms with E-state index in [9.17, 15) is 5.26 Å². The van der Waals surface area contributed by atoms with E-state index in [2.05, 4.69) is 6.07 Å². The molecule has 0 unspecified atom stereocenters. The van der Waals surface area contributed by atoms with Gasteiger partial charge in [-0.25, -0.2) is 0 Å². The third kappa shape index (κ3) is 2.59. The quantitative estimate of drug-likeness (QED) is 0.649. The lowest BCUT2D eigenvalue weighted by atomic mass is 9.76. The maximum absolute atomic E-state index is 9.55. The van der Waals surface area contributed by atoms with Crippen LogP contribution < -0.4 is 0 Å². The van der Waals surface area contributed by atoms with Crippen LogP contribution in [0.15, 0.2) is 18.2 Å². The average Bonchev–Trinajstić information content (AvgIpc) is 2.59. The first-order valence-corrected chi connectivity index (χ1v) is 6.80. The summed E-state index contributed by atoms with van der Waals surface area (Å²) in [6.07, 6.45) is 6.56. The van der Waals surface area contributed by atoms with Gasteiger partial charge in [-0.05, 0) is 30.5 Å². The Morgan fingerprint density at radius 2 is 1.65 bits per heavy atom. The third-order valence-electron chi connectivity index (χ3n) is 3.64. The number of hydrogen-bond donors (Lipinski definition) is 0. The second-order valence-corrected chi connectivity index (χ2v) is 5.55. The highest BCUT2D eigenvalue weighted by atomic mass is 35.5. The number of nitriles is 1. The molecule has 17 heavy (non-hydrogen) atoms. The zero-order chi connectivity index (χ0) is 12.3. The second-order valence-electron chi connectivity index (χ2n) is 4.74. The molecule has 0 N–H and O–H groups in total. The van der Waals surface area contributed by atoms with E-state index in [1.54, 1.807) is 6.07 Å². The van der Waals surface area contributed by atoms with Crippen molar-refractivity contribution in [1.82, 2.24) is 0 Å². The summed E-state index contributed by atoms with van der Waals surface area (Å²) < 4.78 is 0. The highest BCUT2D eigenvalue weighted by Crippen LogP contribution is 2.39. The van der Waals surface area contributed by atoms with Gasteiger partial charge in [0.1, 0.15) is 0 Å². The van der Waals surface area contributed by atoms with Crippen LogP contribution in [-0.4, -0.2) is 0 Å². The highest BCUT2D eigenvalue weighted by Gasteiger charge is 2.33. The van der Waals surface area contributed by atoms with Crippen LogP contribution in [0.1, 0.15) is 44.1 Å². The van der Waals surface area contributed by atoms with Crippen molar-refractivity contribution < 1.29 is 0 Å². The molecule has 0 amide bonds. The highest BCUT2D eigenvalue weighted by molar-refractivity contribution is 6.42. The number of nitrogens with zero attached hydrogens (tertiary/aromatic N) is 1. The summed E-state index contributed by atoms with van der Waals surface area (Å²) in [6.45, 7) is 0. The molecule has 0 bridgehead atoms. The van der Waals surface area contributed by atoms with Crippen LogP contribution in [0.5, 0.6) is 0 Å². The van der Waals surface area contributed by atoms with E-state index in [0.717, 1.165) is 31.2 Å². The Bertz CT molecular complexity index is 440. The van der Waals surface area contributed by atoms with Gasteiger partial charge in [-0.2, -0.15) is 5.26 Å². The van der Waals surface area contributed by atoms with Crippen LogP contribution in [0.3, 0.4) is 0 Å². The molecule has 0 spiro atoms. The molecule has 0 radical (unpaired) electrons. The molecule has 1 aliphatic rings. The largest absolute Gasteiger partial charge is 0.197 e. The van der Waals surface area contributed by atoms with Gasteiger partial charge in [-0.3, -0.25) is 0 Å². The maximum atomic E-state index is 9.55. The minimum atomic E-state index is -0.356. The monoisotopic (exact) mass is 267 g/mol. The predicted molar refractivity (Wildman–Crippen MR) is 71.5 cm³/mol. The molecule has 1 aliphatic carbocycles. The van der Waals surface area contributed by atoms with Gasteiger partial charge >= 0.3 is 0 Å². The number of hydrogen-bond acceptors (Lipinski definition) is 1. The van der Waals surface area contributed by atoms with Crippen molar-refractivity contribution in [2.75, 3.05) is 0 Å². The van der Waals surface area contributed by atoms with Crippen molar-refractivity contribution in [2.45, 2.75) is 43.9 Å². The first kappa shape index (κ1) is 12.7. The van der Waals surface area contributed by atoms with Gasteiger partial charge in [-0.15, -0.1) is 0 Å². The molecule has 0 heterocycles. The molecule has 1 aromatic carbocycles. The van der Waals surface area contributed by atoms with Crippen LogP contribution in [0.2, 0.25) is 10.0 Å². The smallest absolute Gasteiger partial charge is 0.0823 e. The zero-order valence-electron chi connectivity index (χ0n) is 9.68. The number of benzene rings is 1. The lowest BCUT2D eigenvalue weighted by molar-refractivity contribution is 0.475. The van der Waals surface area contributed by atoms with Gasteiger partial charge in [0.05, 0.1) is 21.5 Å². The number of rotatable bonds is 1. The molecule has 0 saturated heterocycles. The van der Waals surface area contributed by atoms with Gasteiger partial charge in [0.15, 0.2) is 0 Å². The topological polar surface area (TPSA) is 23.8 Å². The second kappa shape index (κ2) is 5.29. The SMILES string of the molecule is N#CC1(c2ccc(Cl)c(Cl)c2)CCCCCC1. The molecular weight excluding hydrogens is 253 g/mol. The first-order chi connectivity index (χ1) is 8.18. The fourth-order valence-electron chi connectivity index (χ4n) is 2.59. The van der Waals surface area contributed by atoms with E-state index in [4.69, 9.17) is 23.2 Å². The molecule has 3 heteroatoms. The first-order valence-electron chi connectivity index (χ1n) is 6.05. The van der Waals surface area contributed by atoms with Crippen LogP contribution in [-0.2, 0) is 5.41 Å². The third-order valence-corrected chi connectivity index (χ3v) is 4.38. The van der Waals surface area contributed by atoms with E-state index in [1.165, 1.54) is 12.8 Å². The molecular formula is C14H15Cl2N. The fraction of sp³-hybridized carbons (Fsp3) is 0.500. The molecule has 0 atom stereocenters. The van der Waals surface area contributed by atoms with Crippen molar-refractivity contribution in [3.63, 3.8) is 0 Å². The Morgan fingerprint density at radius 1 is 1.00 bits per heavy atom. The Labute approximate surface area is 112 Å². The van der Waals surface area contributed by atoms with Crippen molar-refractivity contribution in [1.29, 1.82) is 5.26 Å². The van der Waals surface area contributed by atoms with E-state index >= 15 is 0 Å². The van der Waals surface area contributed by atoms with E-state index in [1.807, 2.05) is 12.1 Å². The molecule has 0 aromatic heterocycles. The lowest BCUT2D eigenvalue weighted by Gasteiger charge is -2.25. The molecule has 1 fully saturated rings. The zero-order valence-corrected chi connectivity index (χ0v) is 11.2. The van der Waals surface area contributed by atoms with E-state index in [0.29, 0.717) is 10.0 Å². The van der Waals surface area contributed by atoms with Gasteiger partial charge < -0.3 is 0 Å². The Hall–Kier alpha value is -0.710. The molecule has 0 aliphatic heterocycles. The summed E-state index contributed by atoms with van der Waals surface area (Å²) in [6, 6.07) is 8.12. The Balaban J connectivity index is 2.39. The Kier molecular flexibility index (Phi) is 3.97. The predicted octanol–water partition coefficient (Wildman–Crippen LogP) is 5.11. The summed E-state index contributed by atoms with van der Waals surface area (Å²) in [5, 5.41) is 10.7. The molecule has 90 valence electrons. The standard InChI is InChI=1S/C14H15Cl2N/c15-12-6-5-11(9-13(12)16)14(10-17)7-3-1-2-4-8-14/h5-6,9H,1-4,7-8H2. The van der Waals surface area contributed by atoms with Crippen LogP contribution in [0.25, 0.3) is 0 Å². The average molecular weight is 268 g/mol. The summed E-state index contributed by atoms with van der Waals surface area (Å²) >= 11 is 12.0. The minimum absolute atomic E-state index is 0.356. The Morgan fingerprint density at radius 3 is 2.18 bits per heavy atom. The van der Waals surface area contributed by atoms with Gasteiger partial charge in [0, 0.05) is 0 Å². The van der Waals surface area contributed by atoms with Crippen LogP contribution in [0, 0.1) is 11.3 Å². The molecule has 1 nitrogen and oxygen atoms in total. The van der Waals surface area contributed by atoms with Crippen molar-refractivity contribution in [2.24, 2.45) is 0 Å². The summed E-state index contributed by atoms with van der Waals surface area (Å²) in [5.41, 5.74) is 0.668. The number of halogens is 2. The van der Waals surface area contributed by atoms with Crippen molar-refractivity contribution in [3.8, 4) is 6.07 Å². The normalized spacial score (nSPS) is 19.4. The molecule has 2 rings (SSSR count). The maximum Gasteiger partial charge on any atom is 0.0823 e. The van der Waals surface area contributed by atoms with E-state index in [-0.39, 0.29) is 5.41 Å². The summed E-state index contributed by atoms with van der Waals surface area (Å²) in [7, 11) is 0. The van der Waals surface area contributed by atoms with Gasteiger partial charge in [-0.1, -0.05) is 55.0 Å². The molecule has 1 saturated carbocycles. The van der Waals surface area contributed by atoms with Crippen molar-refractivity contribution in [3.05, 3.63) is 33.8 Å². The minimum Gasteiger partial charge on any atom is -0.197 e. The lowest BCUT2D eigenvalue weighted by Crippen LogP contribution is -2.23. The fourth-order valence-corrected chi connectivity index (χ4v) is 2.89. The van der Waals surface area contributed by atoms with Crippen molar-refractivity contribution >= 4 is 23.2 Å². The van der Waals surface area contributed by atoms with Gasteiger partial charge in [0.25, 0.3) is 0 Å². The van der Waals surface area contributed by atoms with Gasteiger partial charge in [0.2, 0.25) is 0 Å².